The number of amides is 2. The fourth-order valence-corrected chi connectivity index (χ4v) is 4.80. The van der Waals surface area contributed by atoms with Gasteiger partial charge in [0.25, 0.3) is 5.91 Å². The van der Waals surface area contributed by atoms with Crippen LogP contribution in [0.25, 0.3) is 0 Å². The average Bonchev–Trinajstić information content (AvgIpc) is 3.18. The van der Waals surface area contributed by atoms with Crippen LogP contribution in [0.3, 0.4) is 0 Å². The molecule has 1 saturated heterocycles. The lowest BCUT2D eigenvalue weighted by Crippen LogP contribution is -2.40. The third-order valence-electron chi connectivity index (χ3n) is 4.51. The Morgan fingerprint density at radius 3 is 2.41 bits per heavy atom. The molecule has 8 heteroatoms. The number of carbonyl (C=O) groups excluding carboxylic acids is 2. The molecule has 0 radical (unpaired) electrons. The molecule has 2 aromatic carbocycles. The van der Waals surface area contributed by atoms with Gasteiger partial charge in [0.1, 0.15) is 0 Å². The number of likely N-dealkylation sites (tertiary alicyclic amines) is 1. The third kappa shape index (κ3) is 4.48. The largest absolute Gasteiger partial charge is 0.343 e. The van der Waals surface area contributed by atoms with Gasteiger partial charge in [-0.15, -0.1) is 0 Å². The van der Waals surface area contributed by atoms with Crippen molar-refractivity contribution in [1.29, 1.82) is 0 Å². The van der Waals surface area contributed by atoms with Gasteiger partial charge in [0, 0.05) is 23.7 Å². The summed E-state index contributed by atoms with van der Waals surface area (Å²) >= 11 is 5.81. The fraction of sp³-hybridized carbons (Fsp3) is 0.263. The summed E-state index contributed by atoms with van der Waals surface area (Å²) in [5.74, 6) is -0.637. The molecule has 1 N–H and O–H groups in total. The van der Waals surface area contributed by atoms with Gasteiger partial charge in [-0.05, 0) is 42.8 Å². The fourth-order valence-electron chi connectivity index (χ4n) is 2.98. The summed E-state index contributed by atoms with van der Waals surface area (Å²) in [6.07, 6.45) is 0.364. The number of halogens is 1. The third-order valence-corrected chi connectivity index (χ3v) is 6.96. The van der Waals surface area contributed by atoms with Crippen molar-refractivity contribution in [2.45, 2.75) is 16.6 Å². The molecule has 2 amide bonds. The van der Waals surface area contributed by atoms with E-state index in [1.54, 1.807) is 30.3 Å². The second kappa shape index (κ2) is 8.10. The van der Waals surface area contributed by atoms with E-state index in [-0.39, 0.29) is 29.8 Å². The van der Waals surface area contributed by atoms with E-state index in [0.717, 1.165) is 0 Å². The van der Waals surface area contributed by atoms with Gasteiger partial charge in [-0.3, -0.25) is 9.59 Å². The number of carbonyl (C=O) groups is 2. The Hall–Kier alpha value is -2.38. The van der Waals surface area contributed by atoms with Crippen LogP contribution >= 0.6 is 11.6 Å². The summed E-state index contributed by atoms with van der Waals surface area (Å²) in [4.78, 5) is 26.0. The zero-order valence-electron chi connectivity index (χ0n) is 14.5. The van der Waals surface area contributed by atoms with Crippen LogP contribution in [-0.2, 0) is 14.6 Å². The molecule has 1 heterocycles. The number of benzene rings is 2. The molecule has 27 heavy (non-hydrogen) atoms. The first kappa shape index (κ1) is 19.4. The normalized spacial score (nSPS) is 16.9. The molecule has 3 rings (SSSR count). The molecule has 2 aromatic rings. The minimum atomic E-state index is -3.54. The molecule has 1 aliphatic heterocycles. The highest BCUT2D eigenvalue weighted by molar-refractivity contribution is 7.92. The molecule has 6 nitrogen and oxygen atoms in total. The van der Waals surface area contributed by atoms with Gasteiger partial charge in [-0.25, -0.2) is 8.42 Å². The Balaban J connectivity index is 1.58. The van der Waals surface area contributed by atoms with Crippen molar-refractivity contribution in [1.82, 2.24) is 10.2 Å². The van der Waals surface area contributed by atoms with Crippen LogP contribution in [0, 0.1) is 0 Å². The molecule has 0 spiro atoms. The van der Waals surface area contributed by atoms with Crippen LogP contribution in [0.15, 0.2) is 59.5 Å². The molecule has 0 aromatic heterocycles. The SMILES string of the molecule is O=C(NCC(=O)N1CCC(S(=O)(=O)c2ccc(Cl)cc2)C1)c1ccccc1. The van der Waals surface area contributed by atoms with E-state index in [1.165, 1.54) is 29.2 Å². The Morgan fingerprint density at radius 2 is 1.74 bits per heavy atom. The molecule has 1 aliphatic rings. The molecule has 1 fully saturated rings. The molecule has 0 saturated carbocycles. The van der Waals surface area contributed by atoms with Gasteiger partial charge in [-0.1, -0.05) is 29.8 Å². The first-order valence-corrected chi connectivity index (χ1v) is 10.4. The van der Waals surface area contributed by atoms with E-state index in [1.807, 2.05) is 0 Å². The van der Waals surface area contributed by atoms with E-state index < -0.39 is 15.1 Å². The number of hydrogen-bond acceptors (Lipinski definition) is 4. The van der Waals surface area contributed by atoms with Crippen molar-refractivity contribution in [2.75, 3.05) is 19.6 Å². The van der Waals surface area contributed by atoms with Crippen LogP contribution in [-0.4, -0.2) is 50.0 Å². The highest BCUT2D eigenvalue weighted by Crippen LogP contribution is 2.25. The van der Waals surface area contributed by atoms with Gasteiger partial charge in [0.2, 0.25) is 5.91 Å². The molecule has 0 aliphatic carbocycles. The summed E-state index contributed by atoms with van der Waals surface area (Å²) in [7, 11) is -3.54. The highest BCUT2D eigenvalue weighted by Gasteiger charge is 2.36. The van der Waals surface area contributed by atoms with Crippen molar-refractivity contribution < 1.29 is 18.0 Å². The van der Waals surface area contributed by atoms with Crippen LogP contribution < -0.4 is 5.32 Å². The van der Waals surface area contributed by atoms with Crippen molar-refractivity contribution in [3.05, 3.63) is 65.2 Å². The quantitative estimate of drug-likeness (QED) is 0.824. The summed E-state index contributed by atoms with van der Waals surface area (Å²) in [5, 5.41) is 2.38. The van der Waals surface area contributed by atoms with E-state index >= 15 is 0 Å². The van der Waals surface area contributed by atoms with Gasteiger partial charge >= 0.3 is 0 Å². The standard InChI is InChI=1S/C19H19ClN2O4S/c20-15-6-8-16(9-7-15)27(25,26)17-10-11-22(13-17)18(23)12-21-19(24)14-4-2-1-3-5-14/h1-9,17H,10-13H2,(H,21,24). The number of nitrogens with zero attached hydrogens (tertiary/aromatic N) is 1. The first-order valence-electron chi connectivity index (χ1n) is 8.48. The number of hydrogen-bond donors (Lipinski definition) is 1. The smallest absolute Gasteiger partial charge is 0.251 e. The van der Waals surface area contributed by atoms with Crippen molar-refractivity contribution >= 4 is 33.3 Å². The van der Waals surface area contributed by atoms with Crippen LogP contribution in [0.1, 0.15) is 16.8 Å². The molecular weight excluding hydrogens is 388 g/mol. The Morgan fingerprint density at radius 1 is 1.07 bits per heavy atom. The second-order valence-corrected chi connectivity index (χ2v) is 8.96. The Labute approximate surface area is 163 Å². The Kier molecular flexibility index (Phi) is 5.82. The molecule has 1 atom stereocenters. The zero-order chi connectivity index (χ0) is 19.4. The number of sulfone groups is 1. The average molecular weight is 407 g/mol. The topological polar surface area (TPSA) is 83.6 Å². The van der Waals surface area contributed by atoms with Gasteiger partial charge in [-0.2, -0.15) is 0 Å². The summed E-state index contributed by atoms with van der Waals surface area (Å²) < 4.78 is 25.4. The maximum Gasteiger partial charge on any atom is 0.251 e. The van der Waals surface area contributed by atoms with Gasteiger partial charge < -0.3 is 10.2 Å². The minimum absolute atomic E-state index is 0.116. The van der Waals surface area contributed by atoms with Crippen molar-refractivity contribution in [3.63, 3.8) is 0 Å². The maximum atomic E-state index is 12.7. The minimum Gasteiger partial charge on any atom is -0.343 e. The van der Waals surface area contributed by atoms with Crippen molar-refractivity contribution in [3.8, 4) is 0 Å². The summed E-state index contributed by atoms with van der Waals surface area (Å²) in [6.45, 7) is 0.296. The van der Waals surface area contributed by atoms with E-state index in [9.17, 15) is 18.0 Å². The Bertz CT molecular complexity index is 930. The lowest BCUT2D eigenvalue weighted by molar-refractivity contribution is -0.129. The molecule has 142 valence electrons. The first-order chi connectivity index (χ1) is 12.9. The summed E-state index contributed by atoms with van der Waals surface area (Å²) in [6, 6.07) is 14.6. The second-order valence-electron chi connectivity index (χ2n) is 6.30. The van der Waals surface area contributed by atoms with Crippen LogP contribution in [0.4, 0.5) is 0 Å². The zero-order valence-corrected chi connectivity index (χ0v) is 16.0. The number of nitrogens with one attached hydrogen (secondary N) is 1. The predicted octanol–water partition coefficient (Wildman–Crippen LogP) is 2.14. The molecule has 1 unspecified atom stereocenters. The van der Waals surface area contributed by atoms with E-state index in [2.05, 4.69) is 5.32 Å². The molecule has 0 bridgehead atoms. The predicted molar refractivity (Wildman–Crippen MR) is 102 cm³/mol. The van der Waals surface area contributed by atoms with Crippen LogP contribution in [0.5, 0.6) is 0 Å². The lowest BCUT2D eigenvalue weighted by Gasteiger charge is -2.17. The van der Waals surface area contributed by atoms with Gasteiger partial charge in [0.15, 0.2) is 9.84 Å². The number of rotatable bonds is 5. The van der Waals surface area contributed by atoms with Crippen molar-refractivity contribution in [2.24, 2.45) is 0 Å². The van der Waals surface area contributed by atoms with E-state index in [4.69, 9.17) is 11.6 Å². The molecular formula is C19H19ClN2O4S. The van der Waals surface area contributed by atoms with Gasteiger partial charge in [0.05, 0.1) is 16.7 Å². The van der Waals surface area contributed by atoms with E-state index in [0.29, 0.717) is 23.6 Å². The monoisotopic (exact) mass is 406 g/mol. The lowest BCUT2D eigenvalue weighted by atomic mass is 10.2. The summed E-state index contributed by atoms with van der Waals surface area (Å²) in [5.41, 5.74) is 0.468. The van der Waals surface area contributed by atoms with Crippen LogP contribution in [0.2, 0.25) is 5.02 Å². The highest BCUT2D eigenvalue weighted by atomic mass is 35.5. The maximum absolute atomic E-state index is 12.7.